The Morgan fingerprint density at radius 1 is 0.875 bits per heavy atom. The van der Waals surface area contributed by atoms with E-state index in [2.05, 4.69) is 5.32 Å². The largest absolute Gasteiger partial charge is 0.507 e. The average molecular weight is 215 g/mol. The lowest BCUT2D eigenvalue weighted by Gasteiger charge is -2.11. The molecule has 0 aliphatic rings. The van der Waals surface area contributed by atoms with Gasteiger partial charge < -0.3 is 15.5 Å². The van der Waals surface area contributed by atoms with Crippen molar-refractivity contribution in [3.8, 4) is 16.9 Å². The van der Waals surface area contributed by atoms with Crippen LogP contribution in [-0.2, 0) is 0 Å². The Morgan fingerprint density at radius 3 is 2.19 bits per heavy atom. The molecule has 0 bridgehead atoms. The fourth-order valence-corrected chi connectivity index (χ4v) is 1.66. The number of rotatable bonds is 3. The number of nitrogens with one attached hydrogen (secondary N) is 1. The predicted octanol–water partition coefficient (Wildman–Crippen LogP) is 2.42. The van der Waals surface area contributed by atoms with E-state index in [9.17, 15) is 5.11 Å². The quantitative estimate of drug-likeness (QED) is 0.689. The highest BCUT2D eigenvalue weighted by molar-refractivity contribution is 5.81. The summed E-state index contributed by atoms with van der Waals surface area (Å²) >= 11 is 0. The van der Waals surface area contributed by atoms with Crippen LogP contribution in [0, 0.1) is 0 Å². The minimum Gasteiger partial charge on any atom is -0.507 e. The maximum Gasteiger partial charge on any atom is 0.123 e. The molecule has 0 saturated carbocycles. The fourth-order valence-electron chi connectivity index (χ4n) is 1.66. The van der Waals surface area contributed by atoms with Crippen molar-refractivity contribution in [3.05, 3.63) is 48.5 Å². The first kappa shape index (κ1) is 10.5. The van der Waals surface area contributed by atoms with Gasteiger partial charge in [-0.2, -0.15) is 0 Å². The van der Waals surface area contributed by atoms with Gasteiger partial charge in [0.1, 0.15) is 12.5 Å². The number of phenols is 1. The van der Waals surface area contributed by atoms with Crippen LogP contribution in [0.15, 0.2) is 48.5 Å². The standard InChI is InChI=1S/C13H13NO2/c15-9-14-12-7-3-1-5-10(12)11-6-2-4-8-13(11)16/h1-8,14-16H,9H2. The van der Waals surface area contributed by atoms with Crippen molar-refractivity contribution in [2.24, 2.45) is 0 Å². The summed E-state index contributed by atoms with van der Waals surface area (Å²) in [6, 6.07) is 14.7. The van der Waals surface area contributed by atoms with E-state index in [1.165, 1.54) is 0 Å². The van der Waals surface area contributed by atoms with Crippen LogP contribution >= 0.6 is 0 Å². The van der Waals surface area contributed by atoms with E-state index in [0.717, 1.165) is 16.8 Å². The number of aliphatic hydroxyl groups is 1. The molecule has 0 heterocycles. The number of aliphatic hydroxyl groups excluding tert-OH is 1. The molecule has 0 fully saturated rings. The highest BCUT2D eigenvalue weighted by Crippen LogP contribution is 2.33. The first-order valence-electron chi connectivity index (χ1n) is 5.05. The number of aromatic hydroxyl groups is 1. The fraction of sp³-hybridized carbons (Fsp3) is 0.0769. The highest BCUT2D eigenvalue weighted by Gasteiger charge is 2.07. The second kappa shape index (κ2) is 4.68. The molecule has 0 aromatic heterocycles. The van der Waals surface area contributed by atoms with Gasteiger partial charge in [0.05, 0.1) is 0 Å². The molecule has 82 valence electrons. The number of hydrogen-bond acceptors (Lipinski definition) is 3. The zero-order valence-corrected chi connectivity index (χ0v) is 8.72. The third kappa shape index (κ3) is 1.99. The van der Waals surface area contributed by atoms with E-state index >= 15 is 0 Å². The predicted molar refractivity (Wildman–Crippen MR) is 64.3 cm³/mol. The van der Waals surface area contributed by atoms with E-state index in [1.807, 2.05) is 36.4 Å². The van der Waals surface area contributed by atoms with Crippen molar-refractivity contribution in [1.29, 1.82) is 0 Å². The Kier molecular flexibility index (Phi) is 3.08. The van der Waals surface area contributed by atoms with Gasteiger partial charge in [-0.1, -0.05) is 36.4 Å². The van der Waals surface area contributed by atoms with Crippen LogP contribution in [0.1, 0.15) is 0 Å². The lowest BCUT2D eigenvalue weighted by Crippen LogP contribution is -2.00. The van der Waals surface area contributed by atoms with Crippen molar-refractivity contribution in [1.82, 2.24) is 0 Å². The normalized spacial score (nSPS) is 10.1. The minimum atomic E-state index is -0.134. The van der Waals surface area contributed by atoms with Gasteiger partial charge in [0.25, 0.3) is 0 Å². The SMILES string of the molecule is OCNc1ccccc1-c1ccccc1O. The second-order valence-electron chi connectivity index (χ2n) is 3.40. The van der Waals surface area contributed by atoms with Crippen molar-refractivity contribution in [3.63, 3.8) is 0 Å². The molecule has 2 rings (SSSR count). The maximum atomic E-state index is 9.77. The number of para-hydroxylation sites is 2. The van der Waals surface area contributed by atoms with Crippen molar-refractivity contribution in [2.45, 2.75) is 0 Å². The van der Waals surface area contributed by atoms with Gasteiger partial charge in [-0.25, -0.2) is 0 Å². The van der Waals surface area contributed by atoms with Crippen molar-refractivity contribution >= 4 is 5.69 Å². The summed E-state index contributed by atoms with van der Waals surface area (Å²) in [6.07, 6.45) is 0. The minimum absolute atomic E-state index is 0.134. The zero-order chi connectivity index (χ0) is 11.4. The van der Waals surface area contributed by atoms with Gasteiger partial charge in [-0.05, 0) is 12.1 Å². The summed E-state index contributed by atoms with van der Waals surface area (Å²) in [5.74, 6) is 0.231. The van der Waals surface area contributed by atoms with Gasteiger partial charge in [0.15, 0.2) is 0 Å². The third-order valence-corrected chi connectivity index (χ3v) is 2.39. The number of anilines is 1. The van der Waals surface area contributed by atoms with E-state index in [-0.39, 0.29) is 12.5 Å². The van der Waals surface area contributed by atoms with Crippen LogP contribution < -0.4 is 5.32 Å². The maximum absolute atomic E-state index is 9.77. The van der Waals surface area contributed by atoms with Gasteiger partial charge in [-0.3, -0.25) is 0 Å². The Labute approximate surface area is 94.0 Å². The summed E-state index contributed by atoms with van der Waals surface area (Å²) in [5.41, 5.74) is 2.42. The first-order valence-corrected chi connectivity index (χ1v) is 5.05. The Hall–Kier alpha value is -2.00. The molecule has 16 heavy (non-hydrogen) atoms. The van der Waals surface area contributed by atoms with Crippen molar-refractivity contribution < 1.29 is 10.2 Å². The topological polar surface area (TPSA) is 52.5 Å². The summed E-state index contributed by atoms with van der Waals surface area (Å²) in [5, 5.41) is 21.5. The molecule has 3 N–H and O–H groups in total. The van der Waals surface area contributed by atoms with E-state index in [1.54, 1.807) is 12.1 Å². The molecule has 3 heteroatoms. The number of benzene rings is 2. The lowest BCUT2D eigenvalue weighted by molar-refractivity contribution is 0.326. The molecule has 2 aromatic rings. The molecule has 0 saturated heterocycles. The van der Waals surface area contributed by atoms with Crippen LogP contribution in [0.4, 0.5) is 5.69 Å². The summed E-state index contributed by atoms with van der Waals surface area (Å²) in [7, 11) is 0. The average Bonchev–Trinajstić information content (AvgIpc) is 2.31. The molecule has 0 atom stereocenters. The van der Waals surface area contributed by atoms with E-state index < -0.39 is 0 Å². The lowest BCUT2D eigenvalue weighted by atomic mass is 10.0. The van der Waals surface area contributed by atoms with Gasteiger partial charge >= 0.3 is 0 Å². The Morgan fingerprint density at radius 2 is 1.50 bits per heavy atom. The van der Waals surface area contributed by atoms with Crippen LogP contribution in [0.2, 0.25) is 0 Å². The highest BCUT2D eigenvalue weighted by atomic mass is 16.3. The van der Waals surface area contributed by atoms with Crippen LogP contribution in [-0.4, -0.2) is 16.9 Å². The number of phenolic OH excluding ortho intramolecular Hbond substituents is 1. The molecule has 3 nitrogen and oxygen atoms in total. The zero-order valence-electron chi connectivity index (χ0n) is 8.72. The summed E-state index contributed by atoms with van der Waals surface area (Å²) in [6.45, 7) is -0.134. The molecular weight excluding hydrogens is 202 g/mol. The monoisotopic (exact) mass is 215 g/mol. The molecule has 0 spiro atoms. The molecule has 0 radical (unpaired) electrons. The molecule has 0 unspecified atom stereocenters. The summed E-state index contributed by atoms with van der Waals surface area (Å²) < 4.78 is 0. The second-order valence-corrected chi connectivity index (χ2v) is 3.40. The molecule has 0 aliphatic carbocycles. The smallest absolute Gasteiger partial charge is 0.123 e. The van der Waals surface area contributed by atoms with Gasteiger partial charge in [0, 0.05) is 16.8 Å². The molecular formula is C13H13NO2. The van der Waals surface area contributed by atoms with Crippen molar-refractivity contribution in [2.75, 3.05) is 12.0 Å². The molecule has 0 aliphatic heterocycles. The Bertz CT molecular complexity index is 483. The van der Waals surface area contributed by atoms with Gasteiger partial charge in [-0.15, -0.1) is 0 Å². The van der Waals surface area contributed by atoms with Gasteiger partial charge in [0.2, 0.25) is 0 Å². The summed E-state index contributed by atoms with van der Waals surface area (Å²) in [4.78, 5) is 0. The van der Waals surface area contributed by atoms with E-state index in [4.69, 9.17) is 5.11 Å². The number of hydrogen-bond donors (Lipinski definition) is 3. The van der Waals surface area contributed by atoms with E-state index in [0.29, 0.717) is 0 Å². The third-order valence-electron chi connectivity index (χ3n) is 2.39. The van der Waals surface area contributed by atoms with Crippen LogP contribution in [0.3, 0.4) is 0 Å². The first-order chi connectivity index (χ1) is 7.83. The molecule has 2 aromatic carbocycles. The molecule has 0 amide bonds. The van der Waals surface area contributed by atoms with Crippen LogP contribution in [0.5, 0.6) is 5.75 Å². The Balaban J connectivity index is 2.51. The van der Waals surface area contributed by atoms with Crippen LogP contribution in [0.25, 0.3) is 11.1 Å².